The van der Waals surface area contributed by atoms with Gasteiger partial charge in [-0.15, -0.1) is 11.3 Å². The fourth-order valence-corrected chi connectivity index (χ4v) is 3.25. The number of nitrogens with zero attached hydrogens (tertiary/aromatic N) is 3. The second-order valence-electron chi connectivity index (χ2n) is 5.32. The number of ether oxygens (including phenoxy) is 1. The third kappa shape index (κ3) is 2.77. The van der Waals surface area contributed by atoms with Gasteiger partial charge in [0.1, 0.15) is 0 Å². The molecule has 5 nitrogen and oxygen atoms in total. The lowest BCUT2D eigenvalue weighted by Crippen LogP contribution is -2.46. The van der Waals surface area contributed by atoms with Crippen LogP contribution >= 0.6 is 11.3 Å². The smallest absolute Gasteiger partial charge is 0.244 e. The molecule has 2 aromatic rings. The van der Waals surface area contributed by atoms with Crippen molar-refractivity contribution >= 4 is 11.3 Å². The third-order valence-corrected chi connectivity index (χ3v) is 4.40. The van der Waals surface area contributed by atoms with Crippen molar-refractivity contribution in [2.45, 2.75) is 39.0 Å². The Morgan fingerprint density at radius 2 is 2.10 bits per heavy atom. The van der Waals surface area contributed by atoms with Gasteiger partial charge in [-0.25, -0.2) is 0 Å². The highest BCUT2D eigenvalue weighted by Crippen LogP contribution is 2.27. The molecule has 0 aliphatic carbocycles. The summed E-state index contributed by atoms with van der Waals surface area (Å²) in [4.78, 5) is 7.90. The summed E-state index contributed by atoms with van der Waals surface area (Å²) in [5.74, 6) is 1.35. The summed E-state index contributed by atoms with van der Waals surface area (Å²) in [6.07, 6.45) is 0.474. The minimum atomic E-state index is 0.116. The van der Waals surface area contributed by atoms with E-state index >= 15 is 0 Å². The van der Waals surface area contributed by atoms with Crippen LogP contribution in [0.3, 0.4) is 0 Å². The van der Waals surface area contributed by atoms with E-state index in [2.05, 4.69) is 35.8 Å². The fourth-order valence-electron chi connectivity index (χ4n) is 2.60. The number of hydrogen-bond donors (Lipinski definition) is 0. The Morgan fingerprint density at radius 3 is 2.75 bits per heavy atom. The maximum atomic E-state index is 5.76. The molecule has 0 saturated carbocycles. The predicted octanol–water partition coefficient (Wildman–Crippen LogP) is 2.97. The van der Waals surface area contributed by atoms with Crippen LogP contribution in [0.4, 0.5) is 0 Å². The van der Waals surface area contributed by atoms with Crippen molar-refractivity contribution in [3.63, 3.8) is 0 Å². The second kappa shape index (κ2) is 5.63. The second-order valence-corrected chi connectivity index (χ2v) is 6.27. The minimum Gasteiger partial charge on any atom is -0.373 e. The standard InChI is InChI=1S/C14H19N3O2S/c1-9-7-17(8-10(2)18-9)11(3)14-15-13(16-19-14)12-5-4-6-20-12/h4-6,9-11H,7-8H2,1-3H3. The Hall–Kier alpha value is -1.24. The monoisotopic (exact) mass is 293 g/mol. The van der Waals surface area contributed by atoms with Crippen molar-refractivity contribution < 1.29 is 9.26 Å². The van der Waals surface area contributed by atoms with Crippen LogP contribution < -0.4 is 0 Å². The molecule has 1 fully saturated rings. The molecule has 0 amide bonds. The van der Waals surface area contributed by atoms with Gasteiger partial charge in [-0.2, -0.15) is 4.98 Å². The molecule has 0 bridgehead atoms. The van der Waals surface area contributed by atoms with Crippen LogP contribution in [0.2, 0.25) is 0 Å². The van der Waals surface area contributed by atoms with Crippen LogP contribution in [-0.4, -0.2) is 40.3 Å². The highest BCUT2D eigenvalue weighted by atomic mass is 32.1. The van der Waals surface area contributed by atoms with Gasteiger partial charge in [0, 0.05) is 13.1 Å². The number of morpholine rings is 1. The summed E-state index contributed by atoms with van der Waals surface area (Å²) in [6.45, 7) is 8.08. The Labute approximate surface area is 122 Å². The molecule has 20 heavy (non-hydrogen) atoms. The summed E-state index contributed by atoms with van der Waals surface area (Å²) in [5.41, 5.74) is 0. The van der Waals surface area contributed by atoms with Gasteiger partial charge in [0.15, 0.2) is 0 Å². The average molecular weight is 293 g/mol. The summed E-state index contributed by atoms with van der Waals surface area (Å²) >= 11 is 1.62. The van der Waals surface area contributed by atoms with Crippen LogP contribution in [0.25, 0.3) is 10.7 Å². The first kappa shape index (κ1) is 13.7. The molecule has 0 aromatic carbocycles. The van der Waals surface area contributed by atoms with Gasteiger partial charge in [0.05, 0.1) is 23.1 Å². The summed E-state index contributed by atoms with van der Waals surface area (Å²) in [6, 6.07) is 4.11. The molecule has 0 N–H and O–H groups in total. The van der Waals surface area contributed by atoms with Crippen LogP contribution in [0.5, 0.6) is 0 Å². The molecule has 3 rings (SSSR count). The molecule has 3 atom stereocenters. The van der Waals surface area contributed by atoms with Crippen molar-refractivity contribution in [2.24, 2.45) is 0 Å². The molecule has 1 aliphatic rings. The minimum absolute atomic E-state index is 0.116. The Bertz CT molecular complexity index is 545. The molecule has 1 aliphatic heterocycles. The zero-order chi connectivity index (χ0) is 14.1. The lowest BCUT2D eigenvalue weighted by Gasteiger charge is -2.37. The van der Waals surface area contributed by atoms with E-state index in [1.807, 2.05) is 17.5 Å². The first-order valence-electron chi connectivity index (χ1n) is 6.90. The number of rotatable bonds is 3. The molecule has 0 spiro atoms. The molecule has 3 heterocycles. The van der Waals surface area contributed by atoms with Gasteiger partial charge in [0.25, 0.3) is 0 Å². The number of thiophene rings is 1. The quantitative estimate of drug-likeness (QED) is 0.871. The van der Waals surface area contributed by atoms with Crippen molar-refractivity contribution in [3.8, 4) is 10.7 Å². The average Bonchev–Trinajstić information content (AvgIpc) is 3.07. The molecule has 108 valence electrons. The van der Waals surface area contributed by atoms with Gasteiger partial charge in [-0.3, -0.25) is 4.90 Å². The van der Waals surface area contributed by atoms with E-state index in [1.165, 1.54) is 0 Å². The van der Waals surface area contributed by atoms with E-state index in [0.29, 0.717) is 11.7 Å². The van der Waals surface area contributed by atoms with Gasteiger partial charge in [-0.05, 0) is 32.2 Å². The van der Waals surface area contributed by atoms with Gasteiger partial charge >= 0.3 is 0 Å². The molecule has 0 radical (unpaired) electrons. The molecule has 6 heteroatoms. The van der Waals surface area contributed by atoms with Crippen LogP contribution in [0.1, 0.15) is 32.7 Å². The van der Waals surface area contributed by atoms with Crippen molar-refractivity contribution in [1.82, 2.24) is 15.0 Å². The Balaban J connectivity index is 1.75. The topological polar surface area (TPSA) is 51.4 Å². The Kier molecular flexibility index (Phi) is 3.87. The molecule has 3 unspecified atom stereocenters. The van der Waals surface area contributed by atoms with Gasteiger partial charge in [-0.1, -0.05) is 11.2 Å². The normalized spacial score (nSPS) is 25.8. The molecular formula is C14H19N3O2S. The van der Waals surface area contributed by atoms with Gasteiger partial charge < -0.3 is 9.26 Å². The molecular weight excluding hydrogens is 274 g/mol. The first-order valence-corrected chi connectivity index (χ1v) is 7.78. The van der Waals surface area contributed by atoms with Crippen molar-refractivity contribution in [2.75, 3.05) is 13.1 Å². The summed E-state index contributed by atoms with van der Waals surface area (Å²) in [7, 11) is 0. The first-order chi connectivity index (χ1) is 9.63. The highest BCUT2D eigenvalue weighted by Gasteiger charge is 2.29. The van der Waals surface area contributed by atoms with Crippen molar-refractivity contribution in [3.05, 3.63) is 23.4 Å². The lowest BCUT2D eigenvalue weighted by atomic mass is 10.2. The highest BCUT2D eigenvalue weighted by molar-refractivity contribution is 7.13. The Morgan fingerprint density at radius 1 is 1.35 bits per heavy atom. The number of hydrogen-bond acceptors (Lipinski definition) is 6. The van der Waals surface area contributed by atoms with Crippen LogP contribution in [0, 0.1) is 0 Å². The van der Waals surface area contributed by atoms with E-state index in [4.69, 9.17) is 9.26 Å². The van der Waals surface area contributed by atoms with Crippen molar-refractivity contribution in [1.29, 1.82) is 0 Å². The van der Waals surface area contributed by atoms with E-state index < -0.39 is 0 Å². The van der Waals surface area contributed by atoms with Crippen LogP contribution in [-0.2, 0) is 4.74 Å². The lowest BCUT2D eigenvalue weighted by molar-refractivity contribution is -0.0818. The number of aromatic nitrogens is 2. The predicted molar refractivity (Wildman–Crippen MR) is 77.6 cm³/mol. The largest absolute Gasteiger partial charge is 0.373 e. The maximum absolute atomic E-state index is 5.76. The van der Waals surface area contributed by atoms with E-state index in [0.717, 1.165) is 18.0 Å². The summed E-state index contributed by atoms with van der Waals surface area (Å²) < 4.78 is 11.2. The van der Waals surface area contributed by atoms with E-state index in [1.54, 1.807) is 11.3 Å². The SMILES string of the molecule is CC1CN(C(C)c2nc(-c3cccs3)no2)CC(C)O1. The zero-order valence-electron chi connectivity index (χ0n) is 11.9. The van der Waals surface area contributed by atoms with E-state index in [-0.39, 0.29) is 18.2 Å². The van der Waals surface area contributed by atoms with Crippen LogP contribution in [0.15, 0.2) is 22.0 Å². The zero-order valence-corrected chi connectivity index (χ0v) is 12.8. The molecule has 2 aromatic heterocycles. The molecule has 1 saturated heterocycles. The summed E-state index contributed by atoms with van der Waals surface area (Å²) in [5, 5.41) is 6.09. The maximum Gasteiger partial charge on any atom is 0.244 e. The third-order valence-electron chi connectivity index (χ3n) is 3.54. The van der Waals surface area contributed by atoms with E-state index in [9.17, 15) is 0 Å². The van der Waals surface area contributed by atoms with Gasteiger partial charge in [0.2, 0.25) is 11.7 Å². The fraction of sp³-hybridized carbons (Fsp3) is 0.571.